The number of para-hydroxylation sites is 1. The molecule has 3 N–H and O–H groups in total. The standard InChI is InChI=1S/C22H26N6O3S/c1-14(2)18(19(29)26-21-23-7-12-32-21)25-22(31)28-10-8-27(9-11-28)20(30)16-13-24-17-6-4-3-5-15(16)17/h3-7,12-14,18,24H,8-11H2,1-2H3,(H,25,31)(H,23,26,29)/t18-/m0/s1. The third kappa shape index (κ3) is 4.59. The largest absolute Gasteiger partial charge is 0.360 e. The average Bonchev–Trinajstić information content (AvgIpc) is 3.46. The zero-order chi connectivity index (χ0) is 22.7. The second-order valence-electron chi connectivity index (χ2n) is 8.02. The molecule has 168 valence electrons. The van der Waals surface area contributed by atoms with Gasteiger partial charge < -0.3 is 25.4 Å². The Bertz CT molecular complexity index is 1100. The van der Waals surface area contributed by atoms with Crippen LogP contribution in [0, 0.1) is 5.92 Å². The van der Waals surface area contributed by atoms with E-state index in [1.807, 2.05) is 38.1 Å². The number of carbonyl (C=O) groups excluding carboxylic acids is 3. The van der Waals surface area contributed by atoms with E-state index in [9.17, 15) is 14.4 Å². The minimum absolute atomic E-state index is 0.0506. The number of carbonyl (C=O) groups is 3. The molecule has 32 heavy (non-hydrogen) atoms. The summed E-state index contributed by atoms with van der Waals surface area (Å²) in [5, 5.41) is 8.75. The number of anilines is 1. The second kappa shape index (κ2) is 9.39. The number of rotatable bonds is 5. The molecular formula is C22H26N6O3S. The molecule has 0 unspecified atom stereocenters. The number of piperazine rings is 1. The molecule has 2 aromatic heterocycles. The van der Waals surface area contributed by atoms with Gasteiger partial charge in [-0.2, -0.15) is 0 Å². The van der Waals surface area contributed by atoms with Crippen molar-refractivity contribution < 1.29 is 14.4 Å². The number of H-pyrrole nitrogens is 1. The molecular weight excluding hydrogens is 428 g/mol. The molecule has 0 radical (unpaired) electrons. The van der Waals surface area contributed by atoms with Gasteiger partial charge in [-0.25, -0.2) is 9.78 Å². The molecule has 4 amide bonds. The molecule has 4 rings (SSSR count). The topological polar surface area (TPSA) is 110 Å². The monoisotopic (exact) mass is 454 g/mol. The summed E-state index contributed by atoms with van der Waals surface area (Å²) in [5.74, 6) is -0.439. The summed E-state index contributed by atoms with van der Waals surface area (Å²) in [5.41, 5.74) is 1.56. The number of benzene rings is 1. The van der Waals surface area contributed by atoms with Crippen LogP contribution >= 0.6 is 11.3 Å². The number of amides is 4. The molecule has 0 saturated carbocycles. The minimum Gasteiger partial charge on any atom is -0.360 e. The van der Waals surface area contributed by atoms with Gasteiger partial charge in [-0.15, -0.1) is 11.3 Å². The zero-order valence-corrected chi connectivity index (χ0v) is 18.8. The molecule has 1 aliphatic heterocycles. The third-order valence-electron chi connectivity index (χ3n) is 5.56. The van der Waals surface area contributed by atoms with Crippen LogP contribution in [0.1, 0.15) is 24.2 Å². The summed E-state index contributed by atoms with van der Waals surface area (Å²) < 4.78 is 0. The number of hydrogen-bond donors (Lipinski definition) is 3. The van der Waals surface area contributed by atoms with Gasteiger partial charge in [0.25, 0.3) is 5.91 Å². The fraction of sp³-hybridized carbons (Fsp3) is 0.364. The Morgan fingerprint density at radius 3 is 2.50 bits per heavy atom. The van der Waals surface area contributed by atoms with Crippen LogP contribution in [0.15, 0.2) is 42.0 Å². The van der Waals surface area contributed by atoms with E-state index >= 15 is 0 Å². The van der Waals surface area contributed by atoms with E-state index in [4.69, 9.17) is 0 Å². The Labute approximate surface area is 189 Å². The van der Waals surface area contributed by atoms with E-state index in [0.717, 1.165) is 10.9 Å². The first-order chi connectivity index (χ1) is 15.4. The van der Waals surface area contributed by atoms with E-state index < -0.39 is 6.04 Å². The van der Waals surface area contributed by atoms with Crippen molar-refractivity contribution in [1.82, 2.24) is 25.1 Å². The van der Waals surface area contributed by atoms with Crippen molar-refractivity contribution in [3.05, 3.63) is 47.6 Å². The van der Waals surface area contributed by atoms with Crippen molar-refractivity contribution >= 4 is 45.2 Å². The molecule has 9 nitrogen and oxygen atoms in total. The normalized spacial score (nSPS) is 15.1. The highest BCUT2D eigenvalue weighted by Gasteiger charge is 2.30. The molecule has 3 heterocycles. The number of nitrogens with one attached hydrogen (secondary N) is 3. The Balaban J connectivity index is 1.34. The lowest BCUT2D eigenvalue weighted by atomic mass is 10.0. The maximum Gasteiger partial charge on any atom is 0.318 e. The Kier molecular flexibility index (Phi) is 6.40. The van der Waals surface area contributed by atoms with Crippen molar-refractivity contribution in [2.75, 3.05) is 31.5 Å². The smallest absolute Gasteiger partial charge is 0.318 e. The van der Waals surface area contributed by atoms with Gasteiger partial charge in [0.1, 0.15) is 6.04 Å². The number of thiazole rings is 1. The zero-order valence-electron chi connectivity index (χ0n) is 18.0. The number of urea groups is 1. The molecule has 1 fully saturated rings. The number of nitrogens with zero attached hydrogens (tertiary/aromatic N) is 3. The van der Waals surface area contributed by atoms with Crippen molar-refractivity contribution in [2.45, 2.75) is 19.9 Å². The quantitative estimate of drug-likeness (QED) is 0.551. The fourth-order valence-electron chi connectivity index (χ4n) is 3.76. The lowest BCUT2D eigenvalue weighted by Crippen LogP contribution is -2.57. The molecule has 1 saturated heterocycles. The summed E-state index contributed by atoms with van der Waals surface area (Å²) in [6, 6.07) is 6.70. The van der Waals surface area contributed by atoms with Crippen LogP contribution in [0.3, 0.4) is 0 Å². The Morgan fingerprint density at radius 2 is 1.81 bits per heavy atom. The molecule has 10 heteroatoms. The first kappa shape index (κ1) is 21.8. The highest BCUT2D eigenvalue weighted by atomic mass is 32.1. The van der Waals surface area contributed by atoms with Gasteiger partial charge in [0.15, 0.2) is 5.13 Å². The number of hydrogen-bond acceptors (Lipinski definition) is 5. The van der Waals surface area contributed by atoms with Crippen LogP contribution in [0.5, 0.6) is 0 Å². The van der Waals surface area contributed by atoms with Gasteiger partial charge in [-0.3, -0.25) is 9.59 Å². The van der Waals surface area contributed by atoms with Gasteiger partial charge in [-0.05, 0) is 12.0 Å². The van der Waals surface area contributed by atoms with Gasteiger partial charge in [0.05, 0.1) is 5.56 Å². The second-order valence-corrected chi connectivity index (χ2v) is 8.92. The number of fused-ring (bicyclic) bond motifs is 1. The van der Waals surface area contributed by atoms with Crippen molar-refractivity contribution in [2.24, 2.45) is 5.92 Å². The summed E-state index contributed by atoms with van der Waals surface area (Å²) in [6.07, 6.45) is 3.35. The summed E-state index contributed by atoms with van der Waals surface area (Å²) in [7, 11) is 0. The summed E-state index contributed by atoms with van der Waals surface area (Å²) >= 11 is 1.32. The lowest BCUT2D eigenvalue weighted by Gasteiger charge is -2.35. The van der Waals surface area contributed by atoms with Crippen LogP contribution in [-0.4, -0.2) is 69.8 Å². The van der Waals surface area contributed by atoms with Crippen LogP contribution < -0.4 is 10.6 Å². The predicted octanol–water partition coefficient (Wildman–Crippen LogP) is 2.76. The first-order valence-corrected chi connectivity index (χ1v) is 11.4. The van der Waals surface area contributed by atoms with Crippen LogP contribution in [0.2, 0.25) is 0 Å². The first-order valence-electron chi connectivity index (χ1n) is 10.5. The van der Waals surface area contributed by atoms with Crippen LogP contribution in [0.25, 0.3) is 10.9 Å². The third-order valence-corrected chi connectivity index (χ3v) is 6.25. The van der Waals surface area contributed by atoms with Crippen LogP contribution in [-0.2, 0) is 4.79 Å². The molecule has 1 aliphatic rings. The van der Waals surface area contributed by atoms with Crippen molar-refractivity contribution in [3.8, 4) is 0 Å². The van der Waals surface area contributed by atoms with E-state index in [0.29, 0.717) is 36.9 Å². The summed E-state index contributed by atoms with van der Waals surface area (Å²) in [6.45, 7) is 5.43. The van der Waals surface area contributed by atoms with E-state index in [1.54, 1.807) is 27.6 Å². The van der Waals surface area contributed by atoms with Gasteiger partial charge in [0, 0.05) is 54.9 Å². The van der Waals surface area contributed by atoms with Crippen LogP contribution in [0.4, 0.5) is 9.93 Å². The molecule has 0 bridgehead atoms. The Morgan fingerprint density at radius 1 is 1.09 bits per heavy atom. The van der Waals surface area contributed by atoms with Gasteiger partial charge >= 0.3 is 6.03 Å². The average molecular weight is 455 g/mol. The van der Waals surface area contributed by atoms with Gasteiger partial charge in [0.2, 0.25) is 5.91 Å². The molecule has 0 spiro atoms. The minimum atomic E-state index is -0.683. The van der Waals surface area contributed by atoms with Gasteiger partial charge in [-0.1, -0.05) is 32.0 Å². The fourth-order valence-corrected chi connectivity index (χ4v) is 4.29. The molecule has 1 atom stereocenters. The molecule has 3 aromatic rings. The van der Waals surface area contributed by atoms with Crippen molar-refractivity contribution in [1.29, 1.82) is 0 Å². The maximum absolute atomic E-state index is 13.0. The SMILES string of the molecule is CC(C)[C@H](NC(=O)N1CCN(C(=O)c2c[nH]c3ccccc23)CC1)C(=O)Nc1nccs1. The van der Waals surface area contributed by atoms with E-state index in [-0.39, 0.29) is 23.8 Å². The number of aromatic nitrogens is 2. The summed E-state index contributed by atoms with van der Waals surface area (Å²) in [4.78, 5) is 49.0. The van der Waals surface area contributed by atoms with E-state index in [2.05, 4.69) is 20.6 Å². The predicted molar refractivity (Wildman–Crippen MR) is 124 cm³/mol. The Hall–Kier alpha value is -3.40. The maximum atomic E-state index is 13.0. The lowest BCUT2D eigenvalue weighted by molar-refractivity contribution is -0.118. The highest BCUT2D eigenvalue weighted by molar-refractivity contribution is 7.13. The van der Waals surface area contributed by atoms with Crippen molar-refractivity contribution in [3.63, 3.8) is 0 Å². The van der Waals surface area contributed by atoms with E-state index in [1.165, 1.54) is 11.3 Å². The molecule has 0 aliphatic carbocycles. The number of aromatic amines is 1. The highest BCUT2D eigenvalue weighted by Crippen LogP contribution is 2.20. The molecule has 1 aromatic carbocycles.